The maximum Gasteiger partial charge on any atom is 0.355 e. The van der Waals surface area contributed by atoms with Crippen LogP contribution in [0.2, 0.25) is 0 Å². The number of H-pyrrole nitrogens is 1. The van der Waals surface area contributed by atoms with Crippen molar-refractivity contribution in [2.75, 3.05) is 5.32 Å². The number of nitrogens with one attached hydrogen (secondary N) is 2. The second-order valence-corrected chi connectivity index (χ2v) is 7.08. The highest BCUT2D eigenvalue weighted by atomic mass is 16.5. The Hall–Kier alpha value is -3.08. The molecule has 0 aliphatic heterocycles. The van der Waals surface area contributed by atoms with E-state index in [1.807, 2.05) is 52.0 Å². The summed E-state index contributed by atoms with van der Waals surface area (Å²) in [5, 5.41) is 3.80. The van der Waals surface area contributed by atoms with E-state index < -0.39 is 12.1 Å². The van der Waals surface area contributed by atoms with Crippen molar-refractivity contribution >= 4 is 28.5 Å². The second kappa shape index (κ2) is 7.27. The Morgan fingerprint density at radius 2 is 1.70 bits per heavy atom. The fourth-order valence-corrected chi connectivity index (χ4v) is 3.09. The molecule has 0 radical (unpaired) electrons. The van der Waals surface area contributed by atoms with Crippen LogP contribution in [0.3, 0.4) is 0 Å². The second-order valence-electron chi connectivity index (χ2n) is 7.08. The number of hydrogen-bond donors (Lipinski definition) is 2. The van der Waals surface area contributed by atoms with Gasteiger partial charge in [0, 0.05) is 16.6 Å². The minimum atomic E-state index is -0.911. The lowest BCUT2D eigenvalue weighted by molar-refractivity contribution is -0.123. The molecule has 0 saturated carbocycles. The van der Waals surface area contributed by atoms with Crippen LogP contribution in [0.25, 0.3) is 10.9 Å². The molecule has 5 nitrogen and oxygen atoms in total. The Morgan fingerprint density at radius 3 is 2.44 bits per heavy atom. The topological polar surface area (TPSA) is 71.2 Å². The molecule has 0 spiro atoms. The molecule has 27 heavy (non-hydrogen) atoms. The molecule has 0 fully saturated rings. The lowest BCUT2D eigenvalue weighted by atomic mass is 10.1. The number of esters is 1. The highest BCUT2D eigenvalue weighted by Gasteiger charge is 2.21. The number of anilines is 1. The van der Waals surface area contributed by atoms with Crippen molar-refractivity contribution in [2.24, 2.45) is 0 Å². The van der Waals surface area contributed by atoms with E-state index in [0.29, 0.717) is 5.69 Å². The van der Waals surface area contributed by atoms with E-state index in [2.05, 4.69) is 16.4 Å². The first-order valence-electron chi connectivity index (χ1n) is 8.93. The zero-order chi connectivity index (χ0) is 19.7. The maximum atomic E-state index is 12.5. The van der Waals surface area contributed by atoms with Crippen molar-refractivity contribution in [1.29, 1.82) is 0 Å². The summed E-state index contributed by atoms with van der Waals surface area (Å²) in [6.07, 6.45) is -0.911. The largest absolute Gasteiger partial charge is 0.448 e. The number of rotatable bonds is 4. The summed E-state index contributed by atoms with van der Waals surface area (Å²) < 4.78 is 5.36. The first-order chi connectivity index (χ1) is 12.7. The van der Waals surface area contributed by atoms with Gasteiger partial charge in [-0.15, -0.1) is 0 Å². The van der Waals surface area contributed by atoms with Gasteiger partial charge in [0.1, 0.15) is 5.69 Å². The van der Waals surface area contributed by atoms with E-state index in [1.54, 1.807) is 13.0 Å². The lowest BCUT2D eigenvalue weighted by Crippen LogP contribution is -2.30. The van der Waals surface area contributed by atoms with Gasteiger partial charge in [-0.2, -0.15) is 0 Å². The predicted octanol–water partition coefficient (Wildman–Crippen LogP) is 4.59. The van der Waals surface area contributed by atoms with Gasteiger partial charge in [0.15, 0.2) is 6.10 Å². The fourth-order valence-electron chi connectivity index (χ4n) is 3.09. The van der Waals surface area contributed by atoms with Crippen LogP contribution in [-0.2, 0) is 9.53 Å². The monoisotopic (exact) mass is 364 g/mol. The van der Waals surface area contributed by atoms with Crippen LogP contribution in [0.1, 0.15) is 39.7 Å². The molecule has 1 amide bonds. The van der Waals surface area contributed by atoms with E-state index in [0.717, 1.165) is 38.8 Å². The van der Waals surface area contributed by atoms with E-state index in [4.69, 9.17) is 4.74 Å². The van der Waals surface area contributed by atoms with Crippen LogP contribution in [0.15, 0.2) is 36.4 Å². The molecule has 0 aliphatic carbocycles. The Bertz CT molecular complexity index is 1030. The smallest absolute Gasteiger partial charge is 0.355 e. The number of aryl methyl sites for hydroxylation is 4. The average Bonchev–Trinajstić information content (AvgIpc) is 3.02. The van der Waals surface area contributed by atoms with Gasteiger partial charge < -0.3 is 15.0 Å². The minimum absolute atomic E-state index is 0.338. The number of aromatic nitrogens is 1. The maximum absolute atomic E-state index is 12.5. The quantitative estimate of drug-likeness (QED) is 0.665. The van der Waals surface area contributed by atoms with Crippen molar-refractivity contribution in [3.05, 3.63) is 64.3 Å². The molecule has 3 aromatic rings. The molecule has 3 rings (SSSR count). The summed E-state index contributed by atoms with van der Waals surface area (Å²) >= 11 is 0. The summed E-state index contributed by atoms with van der Waals surface area (Å²) in [7, 11) is 0. The molecule has 1 atom stereocenters. The van der Waals surface area contributed by atoms with E-state index in [-0.39, 0.29) is 5.91 Å². The van der Waals surface area contributed by atoms with Crippen molar-refractivity contribution in [3.63, 3.8) is 0 Å². The number of hydrogen-bond acceptors (Lipinski definition) is 3. The van der Waals surface area contributed by atoms with Crippen LogP contribution in [0.5, 0.6) is 0 Å². The number of fused-ring (bicyclic) bond motifs is 1. The Labute approximate surface area is 158 Å². The van der Waals surface area contributed by atoms with Crippen LogP contribution >= 0.6 is 0 Å². The molecule has 1 heterocycles. The lowest BCUT2D eigenvalue weighted by Gasteiger charge is -2.14. The van der Waals surface area contributed by atoms with Gasteiger partial charge in [-0.3, -0.25) is 4.79 Å². The highest BCUT2D eigenvalue weighted by molar-refractivity contribution is 5.99. The van der Waals surface area contributed by atoms with Gasteiger partial charge in [0.25, 0.3) is 5.91 Å². The molecule has 1 unspecified atom stereocenters. The standard InChI is InChI=1S/C22H24N2O3/c1-12-6-7-14(3)18(9-12)24-21(25)16(5)27-22(26)20-11-17-15(4)8-13(2)10-19(17)23-20/h6-11,16,23H,1-5H3,(H,24,25). The number of aromatic amines is 1. The van der Waals surface area contributed by atoms with Crippen molar-refractivity contribution < 1.29 is 14.3 Å². The molecule has 140 valence electrons. The fraction of sp³-hybridized carbons (Fsp3) is 0.273. The number of carbonyl (C=O) groups is 2. The average molecular weight is 364 g/mol. The van der Waals surface area contributed by atoms with Gasteiger partial charge in [0.2, 0.25) is 0 Å². The first-order valence-corrected chi connectivity index (χ1v) is 8.93. The minimum Gasteiger partial charge on any atom is -0.448 e. The Balaban J connectivity index is 1.72. The molecule has 2 aromatic carbocycles. The molecule has 0 saturated heterocycles. The summed E-state index contributed by atoms with van der Waals surface area (Å²) in [6, 6.07) is 11.6. The third-order valence-electron chi connectivity index (χ3n) is 4.61. The summed E-state index contributed by atoms with van der Waals surface area (Å²) in [5.74, 6) is -0.910. The van der Waals surface area contributed by atoms with Crippen molar-refractivity contribution in [3.8, 4) is 0 Å². The van der Waals surface area contributed by atoms with Crippen molar-refractivity contribution in [1.82, 2.24) is 4.98 Å². The summed E-state index contributed by atoms with van der Waals surface area (Å²) in [4.78, 5) is 28.0. The van der Waals surface area contributed by atoms with E-state index in [9.17, 15) is 9.59 Å². The number of carbonyl (C=O) groups excluding carboxylic acids is 2. The van der Waals surface area contributed by atoms with Crippen LogP contribution in [-0.4, -0.2) is 23.0 Å². The Morgan fingerprint density at radius 1 is 0.963 bits per heavy atom. The zero-order valence-corrected chi connectivity index (χ0v) is 16.3. The van der Waals surface area contributed by atoms with Crippen molar-refractivity contribution in [2.45, 2.75) is 40.7 Å². The first kappa shape index (κ1) is 18.7. The van der Waals surface area contributed by atoms with Gasteiger partial charge in [-0.1, -0.05) is 18.2 Å². The molecule has 2 N–H and O–H groups in total. The third-order valence-corrected chi connectivity index (χ3v) is 4.61. The van der Waals surface area contributed by atoms with Gasteiger partial charge in [-0.05, 0) is 75.1 Å². The van der Waals surface area contributed by atoms with Gasteiger partial charge >= 0.3 is 5.97 Å². The molecule has 5 heteroatoms. The number of benzene rings is 2. The summed E-state index contributed by atoms with van der Waals surface area (Å²) in [5.41, 5.74) is 6.14. The SMILES string of the molecule is Cc1ccc(C)c(NC(=O)C(C)OC(=O)c2cc3c(C)cc(C)cc3[nH]2)c1. The normalized spacial score (nSPS) is 12.0. The zero-order valence-electron chi connectivity index (χ0n) is 16.3. The van der Waals surface area contributed by atoms with Crippen LogP contribution in [0.4, 0.5) is 5.69 Å². The summed E-state index contributed by atoms with van der Waals surface area (Å²) in [6.45, 7) is 9.44. The van der Waals surface area contributed by atoms with Crippen LogP contribution in [0, 0.1) is 27.7 Å². The number of ether oxygens (including phenoxy) is 1. The third kappa shape index (κ3) is 4.03. The van der Waals surface area contributed by atoms with E-state index >= 15 is 0 Å². The molecular formula is C22H24N2O3. The molecule has 0 aliphatic rings. The highest BCUT2D eigenvalue weighted by Crippen LogP contribution is 2.22. The van der Waals surface area contributed by atoms with E-state index in [1.165, 1.54) is 0 Å². The number of amides is 1. The Kier molecular flexibility index (Phi) is 5.04. The molecular weight excluding hydrogens is 340 g/mol. The van der Waals surface area contributed by atoms with Gasteiger partial charge in [0.05, 0.1) is 0 Å². The van der Waals surface area contributed by atoms with Crippen LogP contribution < -0.4 is 5.32 Å². The molecule has 0 bridgehead atoms. The predicted molar refractivity (Wildman–Crippen MR) is 107 cm³/mol. The molecule has 1 aromatic heterocycles. The van der Waals surface area contributed by atoms with Gasteiger partial charge in [-0.25, -0.2) is 4.79 Å².